The maximum absolute atomic E-state index is 5.85. The van der Waals surface area contributed by atoms with Crippen LogP contribution in [0.25, 0.3) is 10.9 Å². The summed E-state index contributed by atoms with van der Waals surface area (Å²) in [6.07, 6.45) is 1.80. The van der Waals surface area contributed by atoms with E-state index >= 15 is 0 Å². The van der Waals surface area contributed by atoms with Crippen molar-refractivity contribution in [1.82, 2.24) is 10.3 Å². The van der Waals surface area contributed by atoms with Crippen LogP contribution in [0.3, 0.4) is 0 Å². The number of aromatic nitrogens is 1. The summed E-state index contributed by atoms with van der Waals surface area (Å²) in [5.41, 5.74) is 1.09. The summed E-state index contributed by atoms with van der Waals surface area (Å²) in [6, 6.07) is 10.0. The van der Waals surface area contributed by atoms with E-state index in [-0.39, 0.29) is 5.41 Å². The molecule has 0 fully saturated rings. The molecular weight excluding hydrogens is 224 g/mol. The first-order valence-corrected chi connectivity index (χ1v) is 6.23. The standard InChI is InChI=1S/C15H20N2O/c1-15(2,10-16-3)11-18-13-7-6-12-5-4-8-17-14(12)9-13/h4-9,16H,10-11H2,1-3H3. The minimum atomic E-state index is 0.119. The molecule has 0 unspecified atom stereocenters. The van der Waals surface area contributed by atoms with Crippen molar-refractivity contribution in [2.24, 2.45) is 5.41 Å². The zero-order valence-electron chi connectivity index (χ0n) is 11.2. The molecule has 0 aliphatic carbocycles. The highest BCUT2D eigenvalue weighted by atomic mass is 16.5. The van der Waals surface area contributed by atoms with Crippen molar-refractivity contribution in [2.45, 2.75) is 13.8 Å². The molecular formula is C15H20N2O. The Balaban J connectivity index is 2.08. The molecule has 0 atom stereocenters. The topological polar surface area (TPSA) is 34.1 Å². The fourth-order valence-electron chi connectivity index (χ4n) is 1.94. The van der Waals surface area contributed by atoms with E-state index in [1.54, 1.807) is 6.20 Å². The maximum atomic E-state index is 5.85. The monoisotopic (exact) mass is 244 g/mol. The van der Waals surface area contributed by atoms with Crippen LogP contribution in [0.1, 0.15) is 13.8 Å². The van der Waals surface area contributed by atoms with Crippen LogP contribution in [0.2, 0.25) is 0 Å². The molecule has 0 bridgehead atoms. The van der Waals surface area contributed by atoms with Gasteiger partial charge in [0.2, 0.25) is 0 Å². The predicted molar refractivity (Wildman–Crippen MR) is 74.9 cm³/mol. The van der Waals surface area contributed by atoms with Crippen LogP contribution in [-0.4, -0.2) is 25.2 Å². The van der Waals surface area contributed by atoms with Gasteiger partial charge in [-0.25, -0.2) is 0 Å². The Morgan fingerprint density at radius 1 is 1.28 bits per heavy atom. The van der Waals surface area contributed by atoms with Crippen molar-refractivity contribution in [2.75, 3.05) is 20.2 Å². The van der Waals surface area contributed by atoms with E-state index in [2.05, 4.69) is 30.2 Å². The number of nitrogens with one attached hydrogen (secondary N) is 1. The van der Waals surface area contributed by atoms with Gasteiger partial charge in [0.15, 0.2) is 0 Å². The van der Waals surface area contributed by atoms with E-state index in [1.165, 1.54) is 0 Å². The highest BCUT2D eigenvalue weighted by Crippen LogP contribution is 2.21. The first-order chi connectivity index (χ1) is 8.61. The third kappa shape index (κ3) is 3.20. The summed E-state index contributed by atoms with van der Waals surface area (Å²) in [4.78, 5) is 4.33. The van der Waals surface area contributed by atoms with Gasteiger partial charge in [0.1, 0.15) is 5.75 Å². The molecule has 3 nitrogen and oxygen atoms in total. The average Bonchev–Trinajstić information content (AvgIpc) is 2.36. The van der Waals surface area contributed by atoms with Gasteiger partial charge in [0.25, 0.3) is 0 Å². The van der Waals surface area contributed by atoms with Gasteiger partial charge in [-0.05, 0) is 25.2 Å². The highest BCUT2D eigenvalue weighted by Gasteiger charge is 2.17. The molecule has 1 aromatic carbocycles. The van der Waals surface area contributed by atoms with Crippen molar-refractivity contribution in [3.63, 3.8) is 0 Å². The largest absolute Gasteiger partial charge is 0.493 e. The minimum Gasteiger partial charge on any atom is -0.493 e. The molecule has 0 saturated carbocycles. The lowest BCUT2D eigenvalue weighted by molar-refractivity contribution is 0.179. The number of ether oxygens (including phenoxy) is 1. The molecule has 0 spiro atoms. The Hall–Kier alpha value is -1.61. The van der Waals surface area contributed by atoms with Crippen LogP contribution in [-0.2, 0) is 0 Å². The second-order valence-electron chi connectivity index (χ2n) is 5.34. The van der Waals surface area contributed by atoms with Crippen molar-refractivity contribution < 1.29 is 4.74 Å². The summed E-state index contributed by atoms with van der Waals surface area (Å²) in [5, 5.41) is 4.32. The predicted octanol–water partition coefficient (Wildman–Crippen LogP) is 2.86. The van der Waals surface area contributed by atoms with Crippen molar-refractivity contribution >= 4 is 10.9 Å². The van der Waals surface area contributed by atoms with Crippen molar-refractivity contribution in [1.29, 1.82) is 0 Å². The number of pyridine rings is 1. The van der Waals surface area contributed by atoms with Gasteiger partial charge in [0.05, 0.1) is 12.1 Å². The molecule has 2 aromatic rings. The van der Waals surface area contributed by atoms with Crippen LogP contribution in [0.4, 0.5) is 0 Å². The summed E-state index contributed by atoms with van der Waals surface area (Å²) in [6.45, 7) is 5.98. The second-order valence-corrected chi connectivity index (χ2v) is 5.34. The zero-order chi connectivity index (χ0) is 13.0. The number of nitrogens with zero attached hydrogens (tertiary/aromatic N) is 1. The fraction of sp³-hybridized carbons (Fsp3) is 0.400. The quantitative estimate of drug-likeness (QED) is 0.878. The van der Waals surface area contributed by atoms with Crippen LogP contribution < -0.4 is 10.1 Å². The van der Waals surface area contributed by atoms with E-state index in [0.29, 0.717) is 6.61 Å². The van der Waals surface area contributed by atoms with Crippen molar-refractivity contribution in [3.8, 4) is 5.75 Å². The molecule has 0 saturated heterocycles. The Bertz CT molecular complexity index is 523. The van der Waals surface area contributed by atoms with Crippen molar-refractivity contribution in [3.05, 3.63) is 36.5 Å². The zero-order valence-corrected chi connectivity index (χ0v) is 11.2. The van der Waals surface area contributed by atoms with Gasteiger partial charge >= 0.3 is 0 Å². The van der Waals surface area contributed by atoms with Gasteiger partial charge < -0.3 is 10.1 Å². The molecule has 0 amide bonds. The molecule has 18 heavy (non-hydrogen) atoms. The van der Waals surface area contributed by atoms with E-state index in [9.17, 15) is 0 Å². The van der Waals surface area contributed by atoms with Crippen LogP contribution in [0.15, 0.2) is 36.5 Å². The number of fused-ring (bicyclic) bond motifs is 1. The number of hydrogen-bond acceptors (Lipinski definition) is 3. The third-order valence-electron chi connectivity index (χ3n) is 2.86. The third-order valence-corrected chi connectivity index (χ3v) is 2.86. The molecule has 0 radical (unpaired) electrons. The Labute approximate surface area is 108 Å². The van der Waals surface area contributed by atoms with Gasteiger partial charge in [-0.3, -0.25) is 4.98 Å². The summed E-state index contributed by atoms with van der Waals surface area (Å²) in [7, 11) is 1.96. The van der Waals surface area contributed by atoms with Gasteiger partial charge in [-0.2, -0.15) is 0 Å². The first-order valence-electron chi connectivity index (χ1n) is 6.23. The highest BCUT2D eigenvalue weighted by molar-refractivity contribution is 5.79. The SMILES string of the molecule is CNCC(C)(C)COc1ccc2cccnc2c1. The molecule has 2 rings (SSSR count). The Kier molecular flexibility index (Phi) is 3.82. The van der Waals surface area contributed by atoms with Crippen LogP contribution >= 0.6 is 0 Å². The first kappa shape index (κ1) is 12.8. The lowest BCUT2D eigenvalue weighted by Gasteiger charge is -2.24. The van der Waals surface area contributed by atoms with Crippen LogP contribution in [0.5, 0.6) is 5.75 Å². The van der Waals surface area contributed by atoms with E-state index in [0.717, 1.165) is 23.2 Å². The molecule has 0 aliphatic rings. The number of hydrogen-bond donors (Lipinski definition) is 1. The molecule has 96 valence electrons. The fourth-order valence-corrected chi connectivity index (χ4v) is 1.94. The molecule has 1 heterocycles. The summed E-state index contributed by atoms with van der Waals surface area (Å²) in [5.74, 6) is 0.880. The maximum Gasteiger partial charge on any atom is 0.121 e. The second kappa shape index (κ2) is 5.36. The molecule has 0 aliphatic heterocycles. The Morgan fingerprint density at radius 2 is 2.11 bits per heavy atom. The minimum absolute atomic E-state index is 0.119. The normalized spacial score (nSPS) is 11.7. The number of rotatable bonds is 5. The molecule has 1 N–H and O–H groups in total. The van der Waals surface area contributed by atoms with Gasteiger partial charge in [-0.1, -0.05) is 19.9 Å². The van der Waals surface area contributed by atoms with Gasteiger partial charge in [0, 0.05) is 29.6 Å². The lowest BCUT2D eigenvalue weighted by Crippen LogP contribution is -2.32. The summed E-state index contributed by atoms with van der Waals surface area (Å²) >= 11 is 0. The van der Waals surface area contributed by atoms with E-state index in [1.807, 2.05) is 31.3 Å². The summed E-state index contributed by atoms with van der Waals surface area (Å²) < 4.78 is 5.85. The Morgan fingerprint density at radius 3 is 2.89 bits per heavy atom. The average molecular weight is 244 g/mol. The molecule has 3 heteroatoms. The van der Waals surface area contributed by atoms with Gasteiger partial charge in [-0.15, -0.1) is 0 Å². The van der Waals surface area contributed by atoms with E-state index in [4.69, 9.17) is 4.74 Å². The van der Waals surface area contributed by atoms with Crippen LogP contribution in [0, 0.1) is 5.41 Å². The smallest absolute Gasteiger partial charge is 0.121 e. The lowest BCUT2D eigenvalue weighted by atomic mass is 9.95. The molecule has 1 aromatic heterocycles. The van der Waals surface area contributed by atoms with E-state index < -0.39 is 0 Å². The number of benzene rings is 1.